The maximum Gasteiger partial charge on any atom is 0.387 e. The summed E-state index contributed by atoms with van der Waals surface area (Å²) in [5, 5.41) is 6.14. The quantitative estimate of drug-likeness (QED) is 0.583. The molecule has 0 aliphatic carbocycles. The topological polar surface area (TPSA) is 89.8 Å². The van der Waals surface area contributed by atoms with Crippen LogP contribution in [0.3, 0.4) is 0 Å². The number of rotatable bonds is 8. The second-order valence-corrected chi connectivity index (χ2v) is 6.40. The van der Waals surface area contributed by atoms with E-state index in [0.29, 0.717) is 5.76 Å². The van der Waals surface area contributed by atoms with Crippen LogP contribution in [0.2, 0.25) is 0 Å². The van der Waals surface area contributed by atoms with Crippen molar-refractivity contribution in [2.75, 3.05) is 13.7 Å². The van der Waals surface area contributed by atoms with Crippen LogP contribution < -0.4 is 20.1 Å². The van der Waals surface area contributed by atoms with Gasteiger partial charge in [-0.2, -0.15) is 8.78 Å². The molecule has 3 rings (SSSR count). The lowest BCUT2D eigenvalue weighted by molar-refractivity contribution is -0.120. The van der Waals surface area contributed by atoms with Gasteiger partial charge in [-0.1, -0.05) is 18.2 Å². The molecule has 2 N–H and O–H groups in total. The van der Waals surface area contributed by atoms with Gasteiger partial charge < -0.3 is 24.5 Å². The van der Waals surface area contributed by atoms with Crippen molar-refractivity contribution in [3.05, 3.63) is 59.9 Å². The molecular weight excluding hydrogens is 398 g/mol. The Labute approximate surface area is 171 Å². The minimum absolute atomic E-state index is 0.0223. The van der Waals surface area contributed by atoms with Gasteiger partial charge in [-0.15, -0.1) is 0 Å². The van der Waals surface area contributed by atoms with Crippen LogP contribution in [0.25, 0.3) is 11.0 Å². The van der Waals surface area contributed by atoms with Crippen molar-refractivity contribution in [1.82, 2.24) is 10.6 Å². The van der Waals surface area contributed by atoms with Gasteiger partial charge in [-0.25, -0.2) is 0 Å². The molecule has 1 aromatic heterocycles. The SMILES string of the molecule is COc1cc(C(=O)NCC(=O)N[C@@H](C)c2cc3ccccc3o2)ccc1OC(F)F. The lowest BCUT2D eigenvalue weighted by Crippen LogP contribution is -2.37. The number of para-hydroxylation sites is 1. The van der Waals surface area contributed by atoms with Crippen molar-refractivity contribution in [2.45, 2.75) is 19.6 Å². The Morgan fingerprint density at radius 1 is 1.10 bits per heavy atom. The number of hydrogen-bond donors (Lipinski definition) is 2. The average molecular weight is 418 g/mol. The minimum Gasteiger partial charge on any atom is -0.493 e. The van der Waals surface area contributed by atoms with Crippen LogP contribution in [0.15, 0.2) is 52.9 Å². The van der Waals surface area contributed by atoms with Crippen LogP contribution in [0, 0.1) is 0 Å². The van der Waals surface area contributed by atoms with E-state index in [1.807, 2.05) is 30.3 Å². The highest BCUT2D eigenvalue weighted by Gasteiger charge is 2.17. The van der Waals surface area contributed by atoms with Gasteiger partial charge in [0.05, 0.1) is 19.7 Å². The van der Waals surface area contributed by atoms with Crippen molar-refractivity contribution in [3.63, 3.8) is 0 Å². The molecular formula is C21H20F2N2O5. The maximum absolute atomic E-state index is 12.4. The number of halogens is 2. The van der Waals surface area contributed by atoms with Crippen molar-refractivity contribution in [2.24, 2.45) is 0 Å². The second kappa shape index (κ2) is 9.25. The standard InChI is InChI=1S/C21H20F2N2O5/c1-12(17-9-13-5-3-4-6-15(13)29-17)25-19(26)11-24-20(27)14-7-8-16(30-21(22)23)18(10-14)28-2/h3-10,12,21H,11H2,1-2H3,(H,24,27)(H,25,26)/t12-/m0/s1. The summed E-state index contributed by atoms with van der Waals surface area (Å²) in [6.07, 6.45) is 0. The molecule has 2 amide bonds. The van der Waals surface area contributed by atoms with Gasteiger partial charge in [0.2, 0.25) is 5.91 Å². The molecule has 0 unspecified atom stereocenters. The molecule has 0 fully saturated rings. The van der Waals surface area contributed by atoms with Gasteiger partial charge in [-0.3, -0.25) is 9.59 Å². The molecule has 0 spiro atoms. The Morgan fingerprint density at radius 2 is 1.87 bits per heavy atom. The summed E-state index contributed by atoms with van der Waals surface area (Å²) in [4.78, 5) is 24.5. The van der Waals surface area contributed by atoms with Crippen LogP contribution in [0.1, 0.15) is 29.1 Å². The van der Waals surface area contributed by atoms with E-state index in [-0.39, 0.29) is 23.6 Å². The number of fused-ring (bicyclic) bond motifs is 1. The molecule has 0 saturated carbocycles. The van der Waals surface area contributed by atoms with Crippen molar-refractivity contribution < 1.29 is 32.3 Å². The maximum atomic E-state index is 12.4. The predicted molar refractivity (Wildman–Crippen MR) is 105 cm³/mol. The summed E-state index contributed by atoms with van der Waals surface area (Å²) in [5.41, 5.74) is 0.849. The Bertz CT molecular complexity index is 1020. The number of benzene rings is 2. The van der Waals surface area contributed by atoms with E-state index in [1.165, 1.54) is 25.3 Å². The molecule has 0 aliphatic heterocycles. The Kier molecular flexibility index (Phi) is 6.51. The van der Waals surface area contributed by atoms with E-state index >= 15 is 0 Å². The molecule has 0 aliphatic rings. The Balaban J connectivity index is 1.56. The molecule has 2 aromatic carbocycles. The lowest BCUT2D eigenvalue weighted by Gasteiger charge is -2.13. The smallest absolute Gasteiger partial charge is 0.387 e. The van der Waals surface area contributed by atoms with E-state index in [0.717, 1.165) is 11.0 Å². The summed E-state index contributed by atoms with van der Waals surface area (Å²) in [5.74, 6) is -0.605. The number of alkyl halides is 2. The van der Waals surface area contributed by atoms with Crippen LogP contribution in [0.5, 0.6) is 11.5 Å². The zero-order chi connectivity index (χ0) is 21.7. The number of nitrogens with one attached hydrogen (secondary N) is 2. The highest BCUT2D eigenvalue weighted by atomic mass is 19.3. The number of furan rings is 1. The van der Waals surface area contributed by atoms with Crippen LogP contribution in [-0.2, 0) is 4.79 Å². The minimum atomic E-state index is -3.02. The van der Waals surface area contributed by atoms with Crippen molar-refractivity contribution >= 4 is 22.8 Å². The van der Waals surface area contributed by atoms with Gasteiger partial charge in [0.1, 0.15) is 11.3 Å². The number of hydrogen-bond acceptors (Lipinski definition) is 5. The molecule has 158 valence electrons. The van der Waals surface area contributed by atoms with E-state index in [2.05, 4.69) is 15.4 Å². The first-order valence-corrected chi connectivity index (χ1v) is 9.06. The molecule has 7 nitrogen and oxygen atoms in total. The molecule has 9 heteroatoms. The lowest BCUT2D eigenvalue weighted by atomic mass is 10.2. The van der Waals surface area contributed by atoms with Gasteiger partial charge in [0.15, 0.2) is 11.5 Å². The molecule has 30 heavy (non-hydrogen) atoms. The van der Waals surface area contributed by atoms with Crippen molar-refractivity contribution in [3.8, 4) is 11.5 Å². The van der Waals surface area contributed by atoms with Gasteiger partial charge in [-0.05, 0) is 37.3 Å². The molecule has 0 saturated heterocycles. The monoisotopic (exact) mass is 418 g/mol. The Morgan fingerprint density at radius 3 is 2.57 bits per heavy atom. The van der Waals surface area contributed by atoms with Gasteiger partial charge in [0.25, 0.3) is 5.91 Å². The normalized spacial score (nSPS) is 11.9. The predicted octanol–water partition coefficient (Wildman–Crippen LogP) is 3.65. The van der Waals surface area contributed by atoms with E-state index in [4.69, 9.17) is 9.15 Å². The summed E-state index contributed by atoms with van der Waals surface area (Å²) >= 11 is 0. The van der Waals surface area contributed by atoms with Crippen molar-refractivity contribution in [1.29, 1.82) is 0 Å². The van der Waals surface area contributed by atoms with Crippen LogP contribution in [-0.4, -0.2) is 32.1 Å². The van der Waals surface area contributed by atoms with E-state index in [9.17, 15) is 18.4 Å². The number of carbonyl (C=O) groups excluding carboxylic acids is 2. The third kappa shape index (κ3) is 5.05. The number of ether oxygens (including phenoxy) is 2. The average Bonchev–Trinajstić information content (AvgIpc) is 3.16. The number of carbonyl (C=O) groups is 2. The van der Waals surface area contributed by atoms with Crippen LogP contribution >= 0.6 is 0 Å². The second-order valence-electron chi connectivity index (χ2n) is 6.40. The van der Waals surface area contributed by atoms with Gasteiger partial charge in [0, 0.05) is 10.9 Å². The summed E-state index contributed by atoms with van der Waals surface area (Å²) < 4.78 is 39.8. The first kappa shape index (κ1) is 21.1. The fourth-order valence-corrected chi connectivity index (χ4v) is 2.84. The largest absolute Gasteiger partial charge is 0.493 e. The van der Waals surface area contributed by atoms with Gasteiger partial charge >= 0.3 is 6.61 Å². The van der Waals surface area contributed by atoms with E-state index < -0.39 is 24.5 Å². The summed E-state index contributed by atoms with van der Waals surface area (Å²) in [6.45, 7) is -1.53. The zero-order valence-electron chi connectivity index (χ0n) is 16.3. The number of amides is 2. The highest BCUT2D eigenvalue weighted by molar-refractivity contribution is 5.97. The molecule has 0 radical (unpaired) electrons. The Hall–Kier alpha value is -3.62. The van der Waals surface area contributed by atoms with Crippen LogP contribution in [0.4, 0.5) is 8.78 Å². The first-order valence-electron chi connectivity index (χ1n) is 9.06. The molecule has 1 atom stereocenters. The molecule has 3 aromatic rings. The molecule has 1 heterocycles. The summed E-state index contributed by atoms with van der Waals surface area (Å²) in [7, 11) is 1.27. The third-order valence-electron chi connectivity index (χ3n) is 4.30. The number of methoxy groups -OCH3 is 1. The zero-order valence-corrected chi connectivity index (χ0v) is 16.3. The highest BCUT2D eigenvalue weighted by Crippen LogP contribution is 2.29. The summed E-state index contributed by atoms with van der Waals surface area (Å²) in [6, 6.07) is 12.7. The fraction of sp³-hybridized carbons (Fsp3) is 0.238. The van der Waals surface area contributed by atoms with E-state index in [1.54, 1.807) is 6.92 Å². The molecule has 0 bridgehead atoms. The first-order chi connectivity index (χ1) is 14.4. The third-order valence-corrected chi connectivity index (χ3v) is 4.30. The fourth-order valence-electron chi connectivity index (χ4n) is 2.84.